The lowest BCUT2D eigenvalue weighted by Crippen LogP contribution is -2.45. The van der Waals surface area contributed by atoms with Gasteiger partial charge < -0.3 is 19.5 Å². The zero-order valence-corrected chi connectivity index (χ0v) is 23.9. The third-order valence-electron chi connectivity index (χ3n) is 8.00. The Bertz CT molecular complexity index is 1310. The first-order valence-corrected chi connectivity index (χ1v) is 15.8. The highest BCUT2D eigenvalue weighted by Gasteiger charge is 2.39. The maximum Gasteiger partial charge on any atom is 0.261 e. The molecule has 3 aromatic carbocycles. The fourth-order valence-corrected chi connectivity index (χ4v) is 6.68. The van der Waals surface area contributed by atoms with E-state index in [0.717, 1.165) is 36.3 Å². The summed E-state index contributed by atoms with van der Waals surface area (Å²) in [5, 5.41) is 9.51. The summed E-state index contributed by atoms with van der Waals surface area (Å²) in [6.07, 6.45) is 5.52. The Labute approximate surface area is 238 Å². The van der Waals surface area contributed by atoms with Gasteiger partial charge in [0.05, 0.1) is 23.7 Å². The number of benzene rings is 3. The molecule has 2 fully saturated rings. The fourth-order valence-electron chi connectivity index (χ4n) is 5.60. The van der Waals surface area contributed by atoms with Crippen molar-refractivity contribution >= 4 is 15.7 Å². The van der Waals surface area contributed by atoms with Crippen LogP contribution in [0.5, 0.6) is 0 Å². The highest BCUT2D eigenvalue weighted by atomic mass is 32.2. The molecule has 0 spiro atoms. The summed E-state index contributed by atoms with van der Waals surface area (Å²) >= 11 is 0. The van der Waals surface area contributed by atoms with Crippen molar-refractivity contribution in [2.45, 2.75) is 69.0 Å². The second kappa shape index (κ2) is 13.3. The summed E-state index contributed by atoms with van der Waals surface area (Å²) in [4.78, 5) is 2.75. The molecule has 4 unspecified atom stereocenters. The van der Waals surface area contributed by atoms with Crippen molar-refractivity contribution in [3.05, 3.63) is 95.6 Å². The van der Waals surface area contributed by atoms with Crippen LogP contribution in [0, 0.1) is 5.92 Å². The van der Waals surface area contributed by atoms with Crippen LogP contribution in [0.25, 0.3) is 0 Å². The largest absolute Gasteiger partial charge is 0.392 e. The van der Waals surface area contributed by atoms with E-state index in [2.05, 4.69) is 16.5 Å². The Morgan fingerprint density at radius 1 is 0.825 bits per heavy atom. The lowest BCUT2D eigenvalue weighted by atomic mass is 9.89. The molecular formula is C32H40N2O5S. The van der Waals surface area contributed by atoms with Crippen LogP contribution < -0.4 is 4.72 Å². The van der Waals surface area contributed by atoms with Crippen molar-refractivity contribution in [1.29, 1.82) is 0 Å². The molecule has 0 amide bonds. The number of likely N-dealkylation sites (tertiary alicyclic amines) is 1. The van der Waals surface area contributed by atoms with Gasteiger partial charge in [0.2, 0.25) is 0 Å². The van der Waals surface area contributed by atoms with E-state index in [9.17, 15) is 13.5 Å². The molecule has 2 N–H and O–H groups in total. The van der Waals surface area contributed by atoms with Crippen molar-refractivity contribution in [2.24, 2.45) is 5.92 Å². The number of hydrogen-bond acceptors (Lipinski definition) is 6. The van der Waals surface area contributed by atoms with Gasteiger partial charge in [-0.15, -0.1) is 0 Å². The minimum atomic E-state index is -3.68. The van der Waals surface area contributed by atoms with E-state index < -0.39 is 16.3 Å². The molecule has 0 aliphatic carbocycles. The third kappa shape index (κ3) is 7.11. The Morgan fingerprint density at radius 3 is 2.10 bits per heavy atom. The molecule has 7 nitrogen and oxygen atoms in total. The Morgan fingerprint density at radius 2 is 1.45 bits per heavy atom. The van der Waals surface area contributed by atoms with Crippen LogP contribution in [-0.2, 0) is 26.1 Å². The molecule has 2 saturated heterocycles. The maximum absolute atomic E-state index is 12.8. The topological polar surface area (TPSA) is 88.1 Å². The molecule has 3 aromatic rings. The Hall–Kier alpha value is -2.75. The van der Waals surface area contributed by atoms with Crippen molar-refractivity contribution in [1.82, 2.24) is 4.90 Å². The number of sulfonamides is 1. The van der Waals surface area contributed by atoms with Gasteiger partial charge in [0.25, 0.3) is 10.0 Å². The van der Waals surface area contributed by atoms with Gasteiger partial charge >= 0.3 is 0 Å². The van der Waals surface area contributed by atoms with E-state index in [1.54, 1.807) is 42.5 Å². The smallest absolute Gasteiger partial charge is 0.261 e. The second-order valence-electron chi connectivity index (χ2n) is 10.9. The van der Waals surface area contributed by atoms with Crippen LogP contribution in [-0.4, -0.2) is 44.2 Å². The molecule has 5 rings (SSSR count). The summed E-state index contributed by atoms with van der Waals surface area (Å²) in [7, 11) is -3.68. The molecule has 2 aliphatic rings. The van der Waals surface area contributed by atoms with Gasteiger partial charge in [-0.2, -0.15) is 0 Å². The molecule has 4 atom stereocenters. The first kappa shape index (κ1) is 28.8. The molecule has 8 heteroatoms. The summed E-state index contributed by atoms with van der Waals surface area (Å²) in [5.74, 6) is 0.124. The van der Waals surface area contributed by atoms with Gasteiger partial charge in [0.1, 0.15) is 0 Å². The predicted molar refractivity (Wildman–Crippen MR) is 156 cm³/mol. The zero-order chi connectivity index (χ0) is 28.0. The van der Waals surface area contributed by atoms with Crippen molar-refractivity contribution in [3.8, 4) is 0 Å². The quantitative estimate of drug-likeness (QED) is 0.347. The Balaban J connectivity index is 1.36. The molecule has 0 radical (unpaired) electrons. The molecule has 214 valence electrons. The number of aliphatic hydroxyl groups excluding tert-OH is 1. The fraction of sp³-hybridized carbons (Fsp3) is 0.438. The molecule has 40 heavy (non-hydrogen) atoms. The third-order valence-corrected chi connectivity index (χ3v) is 9.40. The Kier molecular flexibility index (Phi) is 9.55. The van der Waals surface area contributed by atoms with Crippen molar-refractivity contribution in [2.75, 3.05) is 24.4 Å². The average Bonchev–Trinajstić information content (AvgIpc) is 2.96. The van der Waals surface area contributed by atoms with E-state index in [-0.39, 0.29) is 29.6 Å². The number of nitrogens with zero attached hydrogens (tertiary/aromatic N) is 1. The number of nitrogens with one attached hydrogen (secondary N) is 1. The van der Waals surface area contributed by atoms with Gasteiger partial charge in [-0.05, 0) is 61.3 Å². The minimum Gasteiger partial charge on any atom is -0.392 e. The molecule has 0 aromatic heterocycles. The van der Waals surface area contributed by atoms with E-state index in [0.29, 0.717) is 5.69 Å². The molecule has 0 bridgehead atoms. The molecule has 0 saturated carbocycles. The predicted octanol–water partition coefficient (Wildman–Crippen LogP) is 6.04. The molecule has 2 aliphatic heterocycles. The highest BCUT2D eigenvalue weighted by Crippen LogP contribution is 2.42. The standard InChI is InChI=1S/C32H40N2O5S/c1-24-30(22-34-20-8-3-2-4-9-21-34)38-32(39-31(24)26-14-12-25(23-35)13-15-26)27-16-18-28(19-17-27)33-40(36,37)29-10-6-5-7-11-29/h5-7,10-19,24,30-33,35H,2-4,8-9,20-23H2,1H3. The van der Waals surface area contributed by atoms with Crippen molar-refractivity contribution in [3.63, 3.8) is 0 Å². The number of hydrogen-bond donors (Lipinski definition) is 2. The lowest BCUT2D eigenvalue weighted by Gasteiger charge is -2.43. The van der Waals surface area contributed by atoms with Crippen LogP contribution >= 0.6 is 0 Å². The van der Waals surface area contributed by atoms with Crippen LogP contribution in [0.15, 0.2) is 83.8 Å². The summed E-state index contributed by atoms with van der Waals surface area (Å²) in [6, 6.07) is 23.5. The summed E-state index contributed by atoms with van der Waals surface area (Å²) in [6.45, 7) is 5.22. The van der Waals surface area contributed by atoms with Crippen LogP contribution in [0.1, 0.15) is 68.1 Å². The first-order chi connectivity index (χ1) is 19.4. The van der Waals surface area contributed by atoms with Gasteiger partial charge in [0, 0.05) is 23.7 Å². The summed E-state index contributed by atoms with van der Waals surface area (Å²) < 4.78 is 41.4. The van der Waals surface area contributed by atoms with E-state index in [4.69, 9.17) is 9.47 Å². The van der Waals surface area contributed by atoms with Crippen molar-refractivity contribution < 1.29 is 23.0 Å². The average molecular weight is 565 g/mol. The summed E-state index contributed by atoms with van der Waals surface area (Å²) in [5.41, 5.74) is 3.24. The van der Waals surface area contributed by atoms with Crippen LogP contribution in [0.3, 0.4) is 0 Å². The monoisotopic (exact) mass is 564 g/mol. The van der Waals surface area contributed by atoms with E-state index in [1.165, 1.54) is 32.1 Å². The number of ether oxygens (including phenoxy) is 2. The van der Waals surface area contributed by atoms with Gasteiger partial charge in [0.15, 0.2) is 6.29 Å². The number of rotatable bonds is 8. The van der Waals surface area contributed by atoms with E-state index in [1.807, 2.05) is 36.4 Å². The zero-order valence-electron chi connectivity index (χ0n) is 23.1. The van der Waals surface area contributed by atoms with Crippen LogP contribution in [0.4, 0.5) is 5.69 Å². The highest BCUT2D eigenvalue weighted by molar-refractivity contribution is 7.92. The van der Waals surface area contributed by atoms with Gasteiger partial charge in [-0.1, -0.05) is 80.8 Å². The second-order valence-corrected chi connectivity index (χ2v) is 12.6. The van der Waals surface area contributed by atoms with E-state index >= 15 is 0 Å². The molecule has 2 heterocycles. The first-order valence-electron chi connectivity index (χ1n) is 14.3. The van der Waals surface area contributed by atoms with Gasteiger partial charge in [-0.25, -0.2) is 8.42 Å². The SMILES string of the molecule is CC1C(CN2CCCCCCC2)OC(c2ccc(NS(=O)(=O)c3ccccc3)cc2)OC1c1ccc(CO)cc1. The normalized spacial score (nSPS) is 24.6. The number of anilines is 1. The number of aliphatic hydroxyl groups is 1. The minimum absolute atomic E-state index is 0.00501. The lowest BCUT2D eigenvalue weighted by molar-refractivity contribution is -0.276. The van der Waals surface area contributed by atoms with Crippen LogP contribution in [0.2, 0.25) is 0 Å². The van der Waals surface area contributed by atoms with Gasteiger partial charge in [-0.3, -0.25) is 4.72 Å². The maximum atomic E-state index is 12.8. The molecular weight excluding hydrogens is 524 g/mol.